The summed E-state index contributed by atoms with van der Waals surface area (Å²) in [6.07, 6.45) is 1.66. The molecule has 3 aromatic rings. The summed E-state index contributed by atoms with van der Waals surface area (Å²) < 4.78 is 5.21. The fourth-order valence-electron chi connectivity index (χ4n) is 2.96. The molecule has 0 saturated heterocycles. The van der Waals surface area contributed by atoms with E-state index in [0.29, 0.717) is 11.4 Å². The van der Waals surface area contributed by atoms with E-state index in [1.54, 1.807) is 37.5 Å². The molecule has 0 spiro atoms. The average molecular weight is 360 g/mol. The SMILES string of the molecule is COc1cccc(C=c2c(=O)[nH]c(O)c3c2=NN(c2ccccc2)C3=N)c1. The number of aromatic nitrogens is 1. The van der Waals surface area contributed by atoms with Crippen molar-refractivity contribution in [1.82, 2.24) is 4.98 Å². The van der Waals surface area contributed by atoms with Crippen molar-refractivity contribution in [2.75, 3.05) is 12.1 Å². The molecule has 134 valence electrons. The minimum absolute atomic E-state index is 0.00903. The Bertz CT molecular complexity index is 1220. The predicted octanol–water partition coefficient (Wildman–Crippen LogP) is 1.30. The maximum Gasteiger partial charge on any atom is 0.260 e. The summed E-state index contributed by atoms with van der Waals surface area (Å²) in [4.78, 5) is 14.9. The Labute approximate surface area is 154 Å². The molecule has 27 heavy (non-hydrogen) atoms. The topological polar surface area (TPSA) is 102 Å². The monoisotopic (exact) mass is 360 g/mol. The Kier molecular flexibility index (Phi) is 3.97. The van der Waals surface area contributed by atoms with Gasteiger partial charge in [-0.1, -0.05) is 30.3 Å². The average Bonchev–Trinajstić information content (AvgIpc) is 3.03. The highest BCUT2D eigenvalue weighted by molar-refractivity contribution is 6.10. The van der Waals surface area contributed by atoms with Gasteiger partial charge in [0.05, 0.1) is 18.0 Å². The molecule has 2 heterocycles. The Morgan fingerprint density at radius 2 is 1.96 bits per heavy atom. The van der Waals surface area contributed by atoms with Crippen LogP contribution in [-0.4, -0.2) is 23.0 Å². The smallest absolute Gasteiger partial charge is 0.260 e. The molecular weight excluding hydrogens is 344 g/mol. The summed E-state index contributed by atoms with van der Waals surface area (Å²) in [6.45, 7) is 0. The van der Waals surface area contributed by atoms with Crippen molar-refractivity contribution >= 4 is 17.6 Å². The highest BCUT2D eigenvalue weighted by atomic mass is 16.5. The molecule has 0 unspecified atom stereocenters. The molecule has 0 fully saturated rings. The lowest BCUT2D eigenvalue weighted by molar-refractivity contribution is 0.414. The first-order chi connectivity index (χ1) is 13.1. The molecule has 0 saturated carbocycles. The van der Waals surface area contributed by atoms with Crippen LogP contribution in [0.15, 0.2) is 64.5 Å². The van der Waals surface area contributed by atoms with Gasteiger partial charge in [-0.3, -0.25) is 15.2 Å². The van der Waals surface area contributed by atoms with Gasteiger partial charge in [-0.15, -0.1) is 0 Å². The van der Waals surface area contributed by atoms with Gasteiger partial charge in [0.25, 0.3) is 5.56 Å². The molecule has 0 radical (unpaired) electrons. The van der Waals surface area contributed by atoms with Gasteiger partial charge in [-0.25, -0.2) is 5.01 Å². The summed E-state index contributed by atoms with van der Waals surface area (Å²) in [6, 6.07) is 16.4. The number of benzene rings is 2. The number of pyridine rings is 1. The van der Waals surface area contributed by atoms with Crippen LogP contribution in [0.2, 0.25) is 0 Å². The van der Waals surface area contributed by atoms with Crippen molar-refractivity contribution in [3.63, 3.8) is 0 Å². The minimum Gasteiger partial charge on any atom is -0.497 e. The molecule has 0 amide bonds. The number of aromatic amines is 1. The van der Waals surface area contributed by atoms with Crippen molar-refractivity contribution in [3.05, 3.63) is 86.7 Å². The Balaban J connectivity index is 1.97. The Morgan fingerprint density at radius 1 is 1.19 bits per heavy atom. The van der Waals surface area contributed by atoms with Gasteiger partial charge in [0, 0.05) is 0 Å². The summed E-state index contributed by atoms with van der Waals surface area (Å²) in [5, 5.41) is 24.9. The van der Waals surface area contributed by atoms with Crippen LogP contribution >= 0.6 is 0 Å². The second-order valence-electron chi connectivity index (χ2n) is 5.96. The zero-order valence-corrected chi connectivity index (χ0v) is 14.4. The van der Waals surface area contributed by atoms with Crippen LogP contribution in [0.5, 0.6) is 11.6 Å². The molecular formula is C20H16N4O3. The van der Waals surface area contributed by atoms with Gasteiger partial charge >= 0.3 is 0 Å². The highest BCUT2D eigenvalue weighted by Gasteiger charge is 2.26. The van der Waals surface area contributed by atoms with E-state index >= 15 is 0 Å². The number of methoxy groups -OCH3 is 1. The molecule has 4 rings (SSSR count). The predicted molar refractivity (Wildman–Crippen MR) is 102 cm³/mol. The number of rotatable bonds is 3. The van der Waals surface area contributed by atoms with Gasteiger partial charge in [0.1, 0.15) is 16.7 Å². The van der Waals surface area contributed by atoms with E-state index in [1.165, 1.54) is 5.01 Å². The van der Waals surface area contributed by atoms with Gasteiger partial charge in [-0.05, 0) is 35.9 Å². The third-order valence-corrected chi connectivity index (χ3v) is 4.26. The standard InChI is InChI=1S/C20H16N4O3/c1-27-14-9-5-6-12(10-14)11-15-17-16(20(26)22-19(15)25)18(21)24(23-17)13-7-3-2-4-8-13/h2-11,21,26H,1H3,(H,22,25). The molecule has 7 nitrogen and oxygen atoms in total. The molecule has 7 heteroatoms. The van der Waals surface area contributed by atoms with Crippen molar-refractivity contribution < 1.29 is 9.84 Å². The Hall–Kier alpha value is -3.87. The first-order valence-corrected chi connectivity index (χ1v) is 8.22. The van der Waals surface area contributed by atoms with Crippen molar-refractivity contribution in [3.8, 4) is 11.6 Å². The molecule has 1 aliphatic rings. The van der Waals surface area contributed by atoms with E-state index < -0.39 is 5.56 Å². The lowest BCUT2D eigenvalue weighted by atomic mass is 10.1. The van der Waals surface area contributed by atoms with Crippen LogP contribution in [0.25, 0.3) is 6.08 Å². The summed E-state index contributed by atoms with van der Waals surface area (Å²) in [7, 11) is 1.57. The number of aromatic hydroxyl groups is 1. The lowest BCUT2D eigenvalue weighted by Gasteiger charge is -2.13. The minimum atomic E-state index is -0.486. The number of hydrogen-bond donors (Lipinski definition) is 3. The second kappa shape index (κ2) is 6.45. The van der Waals surface area contributed by atoms with Gasteiger partial charge < -0.3 is 9.84 Å². The number of ether oxygens (including phenoxy) is 1. The van der Waals surface area contributed by atoms with Crippen molar-refractivity contribution in [1.29, 1.82) is 5.41 Å². The van der Waals surface area contributed by atoms with Crippen LogP contribution < -0.4 is 25.9 Å². The summed E-state index contributed by atoms with van der Waals surface area (Å²) in [5.41, 5.74) is 1.11. The van der Waals surface area contributed by atoms with Crippen molar-refractivity contribution in [2.45, 2.75) is 0 Å². The first kappa shape index (κ1) is 16.6. The van der Waals surface area contributed by atoms with Crippen LogP contribution in [0.3, 0.4) is 0 Å². The van der Waals surface area contributed by atoms with E-state index in [2.05, 4.69) is 10.1 Å². The maximum absolute atomic E-state index is 12.5. The van der Waals surface area contributed by atoms with Crippen LogP contribution in [0.1, 0.15) is 11.1 Å². The molecule has 2 aromatic carbocycles. The number of anilines is 1. The van der Waals surface area contributed by atoms with E-state index in [1.807, 2.05) is 30.3 Å². The van der Waals surface area contributed by atoms with Crippen LogP contribution in [0, 0.1) is 5.41 Å². The van der Waals surface area contributed by atoms with E-state index in [4.69, 9.17) is 10.1 Å². The van der Waals surface area contributed by atoms with Gasteiger partial charge in [0.15, 0.2) is 5.84 Å². The fourth-order valence-corrected chi connectivity index (χ4v) is 2.96. The highest BCUT2D eigenvalue weighted by Crippen LogP contribution is 2.21. The molecule has 3 N–H and O–H groups in total. The molecule has 0 bridgehead atoms. The largest absolute Gasteiger partial charge is 0.497 e. The zero-order chi connectivity index (χ0) is 19.0. The zero-order valence-electron chi connectivity index (χ0n) is 14.4. The number of amidine groups is 1. The normalized spacial score (nSPS) is 13.4. The maximum atomic E-state index is 12.5. The number of hydrogen-bond acceptors (Lipinski definition) is 5. The van der Waals surface area contributed by atoms with Gasteiger partial charge in [0.2, 0.25) is 5.88 Å². The molecule has 0 aliphatic carbocycles. The van der Waals surface area contributed by atoms with Crippen LogP contribution in [-0.2, 0) is 0 Å². The number of H-pyrrole nitrogens is 1. The number of nitrogens with one attached hydrogen (secondary N) is 2. The second-order valence-corrected chi connectivity index (χ2v) is 5.96. The third kappa shape index (κ3) is 2.85. The Morgan fingerprint density at radius 3 is 2.70 bits per heavy atom. The van der Waals surface area contributed by atoms with E-state index in [-0.39, 0.29) is 27.9 Å². The quantitative estimate of drug-likeness (QED) is 0.655. The summed E-state index contributed by atoms with van der Waals surface area (Å²) >= 11 is 0. The molecule has 1 aromatic heterocycles. The fraction of sp³-hybridized carbons (Fsp3) is 0.0500. The number of para-hydroxylation sites is 1. The molecule has 0 atom stereocenters. The lowest BCUT2D eigenvalue weighted by Crippen LogP contribution is -2.42. The first-order valence-electron chi connectivity index (χ1n) is 8.22. The number of fused-ring (bicyclic) bond motifs is 1. The summed E-state index contributed by atoms with van der Waals surface area (Å²) in [5.74, 6) is 0.279. The van der Waals surface area contributed by atoms with Crippen LogP contribution in [0.4, 0.5) is 5.69 Å². The molecule has 1 aliphatic heterocycles. The van der Waals surface area contributed by atoms with Gasteiger partial charge in [-0.2, -0.15) is 5.10 Å². The third-order valence-electron chi connectivity index (χ3n) is 4.26. The van der Waals surface area contributed by atoms with Crippen molar-refractivity contribution in [2.24, 2.45) is 5.10 Å². The number of nitrogens with zero attached hydrogens (tertiary/aromatic N) is 2. The van der Waals surface area contributed by atoms with E-state index in [9.17, 15) is 9.90 Å². The van der Waals surface area contributed by atoms with E-state index in [0.717, 1.165) is 5.56 Å².